The van der Waals surface area contributed by atoms with E-state index in [0.717, 1.165) is 70.8 Å². The molecule has 0 amide bonds. The molecule has 2 aromatic carbocycles. The largest absolute Gasteiger partial charge is 0.379 e. The summed E-state index contributed by atoms with van der Waals surface area (Å²) in [5.41, 5.74) is 1.38. The molecular formula is C24H34N4O. The van der Waals surface area contributed by atoms with Gasteiger partial charge in [0, 0.05) is 45.8 Å². The van der Waals surface area contributed by atoms with Crippen LogP contribution in [-0.2, 0) is 11.2 Å². The van der Waals surface area contributed by atoms with Crippen molar-refractivity contribution in [3.05, 3.63) is 48.0 Å². The van der Waals surface area contributed by atoms with Gasteiger partial charge in [0.1, 0.15) is 0 Å². The lowest BCUT2D eigenvalue weighted by Gasteiger charge is -2.29. The first kappa shape index (κ1) is 20.2. The Kier molecular flexibility index (Phi) is 7.01. The summed E-state index contributed by atoms with van der Waals surface area (Å²) in [6.07, 6.45) is 2.23. The normalized spacial score (nSPS) is 21.1. The van der Waals surface area contributed by atoms with Crippen molar-refractivity contribution in [3.8, 4) is 0 Å². The third-order valence-electron chi connectivity index (χ3n) is 6.06. The van der Waals surface area contributed by atoms with Crippen LogP contribution >= 0.6 is 0 Å². The summed E-state index contributed by atoms with van der Waals surface area (Å²) in [5.74, 6) is 1.81. The Hall–Kier alpha value is -2.11. The highest BCUT2D eigenvalue weighted by molar-refractivity contribution is 5.85. The summed E-state index contributed by atoms with van der Waals surface area (Å²) < 4.78 is 5.48. The summed E-state index contributed by atoms with van der Waals surface area (Å²) in [7, 11) is 0. The number of nitrogens with zero attached hydrogens (tertiary/aromatic N) is 3. The molecule has 2 aliphatic rings. The van der Waals surface area contributed by atoms with Crippen molar-refractivity contribution >= 4 is 16.7 Å². The minimum absolute atomic E-state index is 0.732. The van der Waals surface area contributed by atoms with Crippen molar-refractivity contribution in [2.24, 2.45) is 10.9 Å². The highest BCUT2D eigenvalue weighted by atomic mass is 16.5. The van der Waals surface area contributed by atoms with E-state index in [9.17, 15) is 0 Å². The molecule has 5 heteroatoms. The summed E-state index contributed by atoms with van der Waals surface area (Å²) in [6, 6.07) is 15.2. The molecule has 0 bridgehead atoms. The molecule has 2 fully saturated rings. The van der Waals surface area contributed by atoms with Gasteiger partial charge in [0.25, 0.3) is 0 Å². The number of benzene rings is 2. The molecule has 29 heavy (non-hydrogen) atoms. The number of ether oxygens (including phenoxy) is 1. The number of guanidine groups is 1. The molecule has 0 radical (unpaired) electrons. The molecule has 0 spiro atoms. The molecule has 1 N–H and O–H groups in total. The molecule has 0 aromatic heterocycles. The zero-order valence-electron chi connectivity index (χ0n) is 17.6. The second-order valence-electron chi connectivity index (χ2n) is 8.14. The maximum Gasteiger partial charge on any atom is 0.193 e. The molecule has 1 atom stereocenters. The number of likely N-dealkylation sites (tertiary alicyclic amines) is 1. The second kappa shape index (κ2) is 10.1. The quantitative estimate of drug-likeness (QED) is 0.604. The number of aliphatic imine (C=N–C) groups is 1. The van der Waals surface area contributed by atoms with Gasteiger partial charge in [-0.3, -0.25) is 9.89 Å². The van der Waals surface area contributed by atoms with Crippen LogP contribution in [0.2, 0.25) is 0 Å². The fourth-order valence-corrected chi connectivity index (χ4v) is 4.54. The Labute approximate surface area is 174 Å². The topological polar surface area (TPSA) is 40.1 Å². The Bertz CT molecular complexity index is 810. The third kappa shape index (κ3) is 5.28. The lowest BCUT2D eigenvalue weighted by Crippen LogP contribution is -2.42. The summed E-state index contributed by atoms with van der Waals surface area (Å²) in [6.45, 7) is 11.2. The highest BCUT2D eigenvalue weighted by Crippen LogP contribution is 2.20. The zero-order chi connectivity index (χ0) is 19.9. The van der Waals surface area contributed by atoms with E-state index in [0.29, 0.717) is 0 Å². The van der Waals surface area contributed by atoms with Crippen molar-refractivity contribution in [3.63, 3.8) is 0 Å². The summed E-state index contributed by atoms with van der Waals surface area (Å²) >= 11 is 0. The molecular weight excluding hydrogens is 360 g/mol. The predicted octanol–water partition coefficient (Wildman–Crippen LogP) is 3.00. The van der Waals surface area contributed by atoms with Crippen LogP contribution in [0.25, 0.3) is 10.8 Å². The van der Waals surface area contributed by atoms with E-state index < -0.39 is 0 Å². The number of nitrogens with one attached hydrogen (secondary N) is 1. The number of morpholine rings is 1. The Morgan fingerprint density at radius 2 is 1.93 bits per heavy atom. The molecule has 2 aliphatic heterocycles. The van der Waals surface area contributed by atoms with Crippen molar-refractivity contribution in [2.75, 3.05) is 59.0 Å². The van der Waals surface area contributed by atoms with Crippen LogP contribution in [0.15, 0.2) is 47.5 Å². The average molecular weight is 395 g/mol. The van der Waals surface area contributed by atoms with Crippen LogP contribution < -0.4 is 5.32 Å². The number of fused-ring (bicyclic) bond motifs is 1. The van der Waals surface area contributed by atoms with Gasteiger partial charge in [-0.05, 0) is 42.0 Å². The zero-order valence-corrected chi connectivity index (χ0v) is 17.6. The lowest BCUT2D eigenvalue weighted by molar-refractivity contribution is 0.0315. The molecule has 4 rings (SSSR count). The smallest absolute Gasteiger partial charge is 0.193 e. The van der Waals surface area contributed by atoms with Gasteiger partial charge in [-0.2, -0.15) is 0 Å². The van der Waals surface area contributed by atoms with E-state index in [1.165, 1.54) is 29.3 Å². The standard InChI is InChI=1S/C24H34N4O/c1-2-25-24(28-13-11-20(19-28)18-27-14-16-29-17-15-27)26-12-10-22-8-5-7-21-6-3-4-9-23(21)22/h3-9,20H,2,10-19H2,1H3,(H,25,26). The molecule has 2 aromatic rings. The average Bonchev–Trinajstić information content (AvgIpc) is 3.22. The molecule has 0 aliphatic carbocycles. The van der Waals surface area contributed by atoms with E-state index in [4.69, 9.17) is 9.73 Å². The summed E-state index contributed by atoms with van der Waals surface area (Å²) in [5, 5.41) is 6.17. The van der Waals surface area contributed by atoms with Crippen molar-refractivity contribution in [1.82, 2.24) is 15.1 Å². The molecule has 2 saturated heterocycles. The van der Waals surface area contributed by atoms with Crippen LogP contribution in [0.3, 0.4) is 0 Å². The van der Waals surface area contributed by atoms with Crippen LogP contribution in [-0.4, -0.2) is 74.8 Å². The van der Waals surface area contributed by atoms with Crippen LogP contribution in [0.5, 0.6) is 0 Å². The van der Waals surface area contributed by atoms with Gasteiger partial charge in [-0.15, -0.1) is 0 Å². The van der Waals surface area contributed by atoms with E-state index in [1.807, 2.05) is 0 Å². The Morgan fingerprint density at radius 3 is 2.79 bits per heavy atom. The Balaban J connectivity index is 1.35. The van der Waals surface area contributed by atoms with Gasteiger partial charge in [0.05, 0.1) is 13.2 Å². The van der Waals surface area contributed by atoms with Crippen molar-refractivity contribution in [1.29, 1.82) is 0 Å². The first-order valence-electron chi connectivity index (χ1n) is 11.1. The minimum Gasteiger partial charge on any atom is -0.379 e. The number of rotatable bonds is 6. The Morgan fingerprint density at radius 1 is 1.10 bits per heavy atom. The van der Waals surface area contributed by atoms with Gasteiger partial charge in [0.2, 0.25) is 0 Å². The second-order valence-corrected chi connectivity index (χ2v) is 8.14. The van der Waals surface area contributed by atoms with Crippen LogP contribution in [0.1, 0.15) is 18.9 Å². The van der Waals surface area contributed by atoms with Gasteiger partial charge in [0.15, 0.2) is 5.96 Å². The third-order valence-corrected chi connectivity index (χ3v) is 6.06. The molecule has 2 heterocycles. The number of hydrogen-bond donors (Lipinski definition) is 1. The van der Waals surface area contributed by atoms with Crippen molar-refractivity contribution in [2.45, 2.75) is 19.8 Å². The maximum absolute atomic E-state index is 5.48. The first-order chi connectivity index (χ1) is 14.3. The fraction of sp³-hybridized carbons (Fsp3) is 0.542. The van der Waals surface area contributed by atoms with E-state index in [-0.39, 0.29) is 0 Å². The highest BCUT2D eigenvalue weighted by Gasteiger charge is 2.27. The van der Waals surface area contributed by atoms with Crippen LogP contribution in [0.4, 0.5) is 0 Å². The lowest BCUT2D eigenvalue weighted by atomic mass is 10.0. The monoisotopic (exact) mass is 394 g/mol. The minimum atomic E-state index is 0.732. The van der Waals surface area contributed by atoms with E-state index >= 15 is 0 Å². The van der Waals surface area contributed by atoms with Gasteiger partial charge < -0.3 is 15.0 Å². The number of hydrogen-bond acceptors (Lipinski definition) is 3. The van der Waals surface area contributed by atoms with Gasteiger partial charge >= 0.3 is 0 Å². The molecule has 156 valence electrons. The van der Waals surface area contributed by atoms with E-state index in [2.05, 4.69) is 64.5 Å². The molecule has 1 unspecified atom stereocenters. The first-order valence-corrected chi connectivity index (χ1v) is 11.1. The SMILES string of the molecule is CCNC(=NCCc1cccc2ccccc12)N1CCC(CN2CCOCC2)C1. The predicted molar refractivity (Wildman–Crippen MR) is 121 cm³/mol. The molecule has 0 saturated carbocycles. The summed E-state index contributed by atoms with van der Waals surface area (Å²) in [4.78, 5) is 9.99. The van der Waals surface area contributed by atoms with Crippen LogP contribution in [0, 0.1) is 5.92 Å². The fourth-order valence-electron chi connectivity index (χ4n) is 4.54. The maximum atomic E-state index is 5.48. The van der Waals surface area contributed by atoms with Gasteiger partial charge in [-0.1, -0.05) is 42.5 Å². The van der Waals surface area contributed by atoms with E-state index in [1.54, 1.807) is 0 Å². The molecule has 5 nitrogen and oxygen atoms in total. The van der Waals surface area contributed by atoms with Crippen molar-refractivity contribution < 1.29 is 4.74 Å². The van der Waals surface area contributed by atoms with Gasteiger partial charge in [-0.25, -0.2) is 0 Å².